The normalized spacial score (nSPS) is 12.1. The summed E-state index contributed by atoms with van der Waals surface area (Å²) in [7, 11) is 3.97. The number of allylic oxidation sites excluding steroid dienone is 8. The fourth-order valence-corrected chi connectivity index (χ4v) is 6.55. The van der Waals surface area contributed by atoms with E-state index < -0.39 is 24.3 Å². The molecule has 0 aromatic carbocycles. The predicted molar refractivity (Wildman–Crippen MR) is 236 cm³/mol. The van der Waals surface area contributed by atoms with Crippen molar-refractivity contribution in [2.24, 2.45) is 0 Å². The van der Waals surface area contributed by atoms with E-state index in [1.54, 1.807) is 6.92 Å². The number of nitrogens with zero attached hydrogens (tertiary/aromatic N) is 2. The molecule has 0 heterocycles. The molecule has 0 atom stereocenters. The van der Waals surface area contributed by atoms with Gasteiger partial charge in [0.1, 0.15) is 12.5 Å². The number of imide groups is 1. The Morgan fingerprint density at radius 3 is 1.38 bits per heavy atom. The Kier molecular flexibility index (Phi) is 39.0. The highest BCUT2D eigenvalue weighted by Crippen LogP contribution is 2.18. The summed E-state index contributed by atoms with van der Waals surface area (Å²) >= 11 is 0. The van der Waals surface area contributed by atoms with Crippen LogP contribution in [0.5, 0.6) is 0 Å². The first-order valence-electron chi connectivity index (χ1n) is 22.9. The van der Waals surface area contributed by atoms with Crippen LogP contribution >= 0.6 is 0 Å². The zero-order chi connectivity index (χ0) is 40.5. The number of hydrogen-bond donors (Lipinski definition) is 1. The molecule has 0 aliphatic carbocycles. The molecule has 0 fully saturated rings. The van der Waals surface area contributed by atoms with Crippen molar-refractivity contribution in [1.29, 1.82) is 0 Å². The van der Waals surface area contributed by atoms with Crippen molar-refractivity contribution in [1.82, 2.24) is 15.1 Å². The second-order valence-electron chi connectivity index (χ2n) is 15.6. The van der Waals surface area contributed by atoms with Crippen molar-refractivity contribution < 1.29 is 19.1 Å². The fraction of sp³-hybridized carbons (Fsp3) is 0.771. The summed E-state index contributed by atoms with van der Waals surface area (Å²) in [5.74, 6) is -1.02. The Labute approximate surface area is 340 Å². The minimum Gasteiger partial charge on any atom is -0.462 e. The number of nitrogens with one attached hydrogen (secondary N) is 1. The molecule has 0 aromatic heterocycles. The van der Waals surface area contributed by atoms with E-state index in [-0.39, 0.29) is 12.6 Å². The van der Waals surface area contributed by atoms with E-state index in [0.29, 0.717) is 6.54 Å². The molecular weight excluding hydrogens is 683 g/mol. The second-order valence-corrected chi connectivity index (χ2v) is 15.6. The maximum Gasteiger partial charge on any atom is 0.324 e. The molecule has 7 nitrogen and oxygen atoms in total. The minimum atomic E-state index is -0.520. The van der Waals surface area contributed by atoms with E-state index in [2.05, 4.69) is 67.8 Å². The molecule has 0 spiro atoms. The summed E-state index contributed by atoms with van der Waals surface area (Å²) in [5.41, 5.74) is 0. The van der Waals surface area contributed by atoms with E-state index in [9.17, 15) is 14.4 Å². The second kappa shape index (κ2) is 41.0. The summed E-state index contributed by atoms with van der Waals surface area (Å²) in [4.78, 5) is 41.7. The Morgan fingerprint density at radius 1 is 0.545 bits per heavy atom. The highest BCUT2D eigenvalue weighted by atomic mass is 16.5. The number of urea groups is 1. The number of carbonyl (C=O) groups is 3. The van der Waals surface area contributed by atoms with Crippen LogP contribution in [-0.4, -0.2) is 67.5 Å². The zero-order valence-electron chi connectivity index (χ0n) is 36.6. The molecule has 0 bridgehead atoms. The van der Waals surface area contributed by atoms with Gasteiger partial charge in [0.05, 0.1) is 0 Å². The lowest BCUT2D eigenvalue weighted by atomic mass is 10.0. The molecule has 0 rings (SSSR count). The smallest absolute Gasteiger partial charge is 0.324 e. The number of rotatable bonds is 38. The van der Waals surface area contributed by atoms with E-state index in [0.717, 1.165) is 82.1 Å². The zero-order valence-corrected chi connectivity index (χ0v) is 36.6. The lowest BCUT2D eigenvalue weighted by molar-refractivity contribution is -0.153. The Bertz CT molecular complexity index is 971. The average molecular weight is 770 g/mol. The van der Waals surface area contributed by atoms with E-state index in [1.807, 2.05) is 19.0 Å². The highest BCUT2D eigenvalue weighted by molar-refractivity contribution is 6.02. The third-order valence-corrected chi connectivity index (χ3v) is 9.97. The van der Waals surface area contributed by atoms with Crippen LogP contribution < -0.4 is 5.32 Å². The summed E-state index contributed by atoms with van der Waals surface area (Å²) in [6.45, 7) is 7.79. The van der Waals surface area contributed by atoms with Crippen molar-refractivity contribution in [3.63, 3.8) is 0 Å². The monoisotopic (exact) mass is 770 g/mol. The number of ether oxygens (including phenoxy) is 1. The molecule has 0 aromatic rings. The van der Waals surface area contributed by atoms with E-state index in [4.69, 9.17) is 4.74 Å². The van der Waals surface area contributed by atoms with Crippen LogP contribution in [0, 0.1) is 0 Å². The Balaban J connectivity index is 4.57. The van der Waals surface area contributed by atoms with Gasteiger partial charge in [0.2, 0.25) is 5.91 Å². The molecule has 318 valence electrons. The summed E-state index contributed by atoms with van der Waals surface area (Å²) < 4.78 is 5.92. The third kappa shape index (κ3) is 36.7. The summed E-state index contributed by atoms with van der Waals surface area (Å²) in [6.07, 6.45) is 49.1. The van der Waals surface area contributed by atoms with Gasteiger partial charge in [-0.15, -0.1) is 0 Å². The van der Waals surface area contributed by atoms with Gasteiger partial charge in [0, 0.05) is 13.1 Å². The van der Waals surface area contributed by atoms with Gasteiger partial charge in [0.15, 0.2) is 0 Å². The quantitative estimate of drug-likeness (QED) is 0.0293. The molecule has 0 aliphatic rings. The maximum atomic E-state index is 13.0. The molecule has 0 saturated heterocycles. The van der Waals surface area contributed by atoms with Gasteiger partial charge in [-0.2, -0.15) is 0 Å². The van der Waals surface area contributed by atoms with Gasteiger partial charge in [0.25, 0.3) is 0 Å². The molecule has 0 saturated carbocycles. The molecule has 0 unspecified atom stereocenters. The van der Waals surface area contributed by atoms with Gasteiger partial charge in [-0.25, -0.2) is 4.79 Å². The molecule has 3 amide bonds. The molecule has 7 heteroatoms. The molecule has 55 heavy (non-hydrogen) atoms. The van der Waals surface area contributed by atoms with Gasteiger partial charge < -0.3 is 15.0 Å². The topological polar surface area (TPSA) is 79.0 Å². The van der Waals surface area contributed by atoms with Gasteiger partial charge in [-0.05, 0) is 124 Å². The lowest BCUT2D eigenvalue weighted by Gasteiger charge is -2.21. The van der Waals surface area contributed by atoms with Crippen LogP contribution in [0.3, 0.4) is 0 Å². The third-order valence-electron chi connectivity index (χ3n) is 9.97. The first kappa shape index (κ1) is 52.3. The highest BCUT2D eigenvalue weighted by Gasteiger charge is 2.24. The van der Waals surface area contributed by atoms with Crippen molar-refractivity contribution in [2.75, 3.05) is 33.7 Å². The number of esters is 1. The van der Waals surface area contributed by atoms with Crippen LogP contribution in [0.1, 0.15) is 201 Å². The van der Waals surface area contributed by atoms with Crippen molar-refractivity contribution in [2.45, 2.75) is 207 Å². The minimum absolute atomic E-state index is 0.174. The summed E-state index contributed by atoms with van der Waals surface area (Å²) in [6, 6.07) is -0.446. The first-order chi connectivity index (χ1) is 26.8. The van der Waals surface area contributed by atoms with Crippen LogP contribution in [-0.2, 0) is 14.3 Å². The Hall–Kier alpha value is -2.67. The Morgan fingerprint density at radius 2 is 0.964 bits per heavy atom. The van der Waals surface area contributed by atoms with Gasteiger partial charge in [-0.3, -0.25) is 14.5 Å². The largest absolute Gasteiger partial charge is 0.462 e. The standard InChI is InChI=1S/C48H87N3O4/c1-6-9-11-13-15-17-19-21-23-25-27-29-31-33-35-37-40-45(41-38-36-34-32-30-28-26-24-22-20-18-16-14-12-10-7-2)55-47(53)44-46(52)51(8-3)48(54)49-42-39-43-50(4)5/h15-18,21-24,45H,6-14,19-20,25-44H2,1-5H3,(H,49,54)/b17-15-,18-16-,23-21-,24-22-. The lowest BCUT2D eigenvalue weighted by Crippen LogP contribution is -2.45. The SMILES string of the molecule is CCCCC/C=C\C/C=C\CCCCCCCCC(CCCCCCCC/C=C\C/C=C\CCCCC)OC(=O)CC(=O)N(CC)C(=O)NCCCN(C)C. The molecule has 0 aliphatic heterocycles. The van der Waals surface area contributed by atoms with Crippen molar-refractivity contribution >= 4 is 17.9 Å². The van der Waals surface area contributed by atoms with Crippen LogP contribution in [0.15, 0.2) is 48.6 Å². The van der Waals surface area contributed by atoms with Crippen molar-refractivity contribution in [3.8, 4) is 0 Å². The molecule has 1 N–H and O–H groups in total. The summed E-state index contributed by atoms with van der Waals surface area (Å²) in [5, 5.41) is 2.81. The van der Waals surface area contributed by atoms with Crippen LogP contribution in [0.2, 0.25) is 0 Å². The van der Waals surface area contributed by atoms with Crippen molar-refractivity contribution in [3.05, 3.63) is 48.6 Å². The van der Waals surface area contributed by atoms with Gasteiger partial charge >= 0.3 is 12.0 Å². The number of amides is 3. The molecule has 0 radical (unpaired) electrons. The maximum absolute atomic E-state index is 13.0. The predicted octanol–water partition coefficient (Wildman–Crippen LogP) is 13.2. The first-order valence-corrected chi connectivity index (χ1v) is 22.9. The van der Waals surface area contributed by atoms with E-state index >= 15 is 0 Å². The van der Waals surface area contributed by atoms with Gasteiger partial charge in [-0.1, -0.05) is 140 Å². The molecular formula is C48H87N3O4. The van der Waals surface area contributed by atoms with E-state index in [1.165, 1.54) is 103 Å². The van der Waals surface area contributed by atoms with Crippen LogP contribution in [0.25, 0.3) is 0 Å². The fourth-order valence-electron chi connectivity index (χ4n) is 6.55. The van der Waals surface area contributed by atoms with Crippen LogP contribution in [0.4, 0.5) is 4.79 Å². The number of unbranched alkanes of at least 4 members (excludes halogenated alkanes) is 18. The number of hydrogen-bond acceptors (Lipinski definition) is 5. The average Bonchev–Trinajstić information content (AvgIpc) is 3.16. The number of carbonyl (C=O) groups excluding carboxylic acids is 3.